The second kappa shape index (κ2) is 4.14. The normalized spacial score (nSPS) is 21.0. The summed E-state index contributed by atoms with van der Waals surface area (Å²) in [6, 6.07) is 7.43. The molecule has 1 aliphatic heterocycles. The molecular weight excluding hydrogens is 208 g/mol. The van der Waals surface area contributed by atoms with Crippen molar-refractivity contribution in [3.63, 3.8) is 0 Å². The first kappa shape index (κ1) is 10.4. The summed E-state index contributed by atoms with van der Waals surface area (Å²) in [5, 5.41) is 0. The predicted octanol–water partition coefficient (Wildman–Crippen LogP) is 1.55. The number of carbonyl (C=O) groups is 1. The van der Waals surface area contributed by atoms with Crippen molar-refractivity contribution >= 4 is 29.9 Å². The third-order valence-corrected chi connectivity index (χ3v) is 3.16. The van der Waals surface area contributed by atoms with Gasteiger partial charge < -0.3 is 10.6 Å². The van der Waals surface area contributed by atoms with Crippen molar-refractivity contribution in [3.05, 3.63) is 24.3 Å². The van der Waals surface area contributed by atoms with E-state index in [-0.39, 0.29) is 5.91 Å². The number of anilines is 2. The van der Waals surface area contributed by atoms with Crippen molar-refractivity contribution < 1.29 is 4.79 Å². The van der Waals surface area contributed by atoms with Crippen LogP contribution in [0.4, 0.5) is 11.4 Å². The summed E-state index contributed by atoms with van der Waals surface area (Å²) in [4.78, 5) is 13.5. The summed E-state index contributed by atoms with van der Waals surface area (Å²) in [5.74, 6) is 1.28. The summed E-state index contributed by atoms with van der Waals surface area (Å²) in [6.45, 7) is 0.756. The number of carbonyl (C=O) groups excluding carboxylic acids is 1. The topological polar surface area (TPSA) is 46.3 Å². The van der Waals surface area contributed by atoms with Gasteiger partial charge >= 0.3 is 0 Å². The average molecular weight is 222 g/mol. The molecule has 1 fully saturated rings. The van der Waals surface area contributed by atoms with E-state index in [9.17, 15) is 4.79 Å². The molecule has 1 aromatic carbocycles. The minimum Gasteiger partial charge on any atom is -0.399 e. The van der Waals surface area contributed by atoms with Gasteiger partial charge in [-0.05, 0) is 29.9 Å². The maximum absolute atomic E-state index is 11.7. The van der Waals surface area contributed by atoms with Crippen LogP contribution >= 0.6 is 12.6 Å². The van der Waals surface area contributed by atoms with E-state index in [1.165, 1.54) is 0 Å². The van der Waals surface area contributed by atoms with E-state index in [4.69, 9.17) is 5.73 Å². The molecule has 4 heteroatoms. The Labute approximate surface area is 94.7 Å². The number of amides is 1. The molecule has 1 amide bonds. The van der Waals surface area contributed by atoms with Crippen molar-refractivity contribution in [2.24, 2.45) is 5.92 Å². The zero-order valence-corrected chi connectivity index (χ0v) is 9.28. The number of hydrogen-bond acceptors (Lipinski definition) is 3. The number of rotatable bonds is 2. The zero-order valence-electron chi connectivity index (χ0n) is 8.39. The maximum Gasteiger partial charge on any atom is 0.227 e. The lowest BCUT2D eigenvalue weighted by atomic mass is 10.1. The third kappa shape index (κ3) is 2.09. The molecule has 15 heavy (non-hydrogen) atoms. The smallest absolute Gasteiger partial charge is 0.227 e. The second-order valence-corrected chi connectivity index (χ2v) is 4.22. The lowest BCUT2D eigenvalue weighted by Crippen LogP contribution is -2.24. The SMILES string of the molecule is Nc1cccc(N2CC(CS)CC2=O)c1. The second-order valence-electron chi connectivity index (χ2n) is 3.85. The monoisotopic (exact) mass is 222 g/mol. The molecule has 2 rings (SSSR count). The molecule has 0 bridgehead atoms. The highest BCUT2D eigenvalue weighted by molar-refractivity contribution is 7.80. The molecule has 1 aromatic rings. The molecule has 0 spiro atoms. The van der Waals surface area contributed by atoms with E-state index in [1.54, 1.807) is 4.90 Å². The van der Waals surface area contributed by atoms with Crippen LogP contribution < -0.4 is 10.6 Å². The maximum atomic E-state index is 11.7. The molecule has 0 saturated carbocycles. The quantitative estimate of drug-likeness (QED) is 0.589. The van der Waals surface area contributed by atoms with E-state index in [1.807, 2.05) is 24.3 Å². The van der Waals surface area contributed by atoms with Crippen LogP contribution in [-0.4, -0.2) is 18.2 Å². The Bertz CT molecular complexity index is 381. The van der Waals surface area contributed by atoms with Crippen LogP contribution in [0.25, 0.3) is 0 Å². The summed E-state index contributed by atoms with van der Waals surface area (Å²) in [7, 11) is 0. The lowest BCUT2D eigenvalue weighted by molar-refractivity contribution is -0.117. The Hall–Kier alpha value is -1.16. The van der Waals surface area contributed by atoms with Gasteiger partial charge in [-0.15, -0.1) is 0 Å². The van der Waals surface area contributed by atoms with Gasteiger partial charge in [0.1, 0.15) is 0 Å². The Morgan fingerprint density at radius 2 is 2.33 bits per heavy atom. The molecule has 1 unspecified atom stereocenters. The Morgan fingerprint density at radius 1 is 1.53 bits per heavy atom. The van der Waals surface area contributed by atoms with Crippen molar-refractivity contribution in [1.29, 1.82) is 0 Å². The van der Waals surface area contributed by atoms with Crippen LogP contribution in [0.2, 0.25) is 0 Å². The first-order chi connectivity index (χ1) is 7.20. The average Bonchev–Trinajstić information content (AvgIpc) is 2.60. The van der Waals surface area contributed by atoms with E-state index >= 15 is 0 Å². The molecule has 80 valence electrons. The van der Waals surface area contributed by atoms with Crippen LogP contribution in [0.5, 0.6) is 0 Å². The summed E-state index contributed by atoms with van der Waals surface area (Å²) in [5.41, 5.74) is 7.27. The number of nitrogen functional groups attached to an aromatic ring is 1. The molecule has 1 aliphatic rings. The van der Waals surface area contributed by atoms with E-state index in [2.05, 4.69) is 12.6 Å². The van der Waals surface area contributed by atoms with Crippen LogP contribution in [-0.2, 0) is 4.79 Å². The Morgan fingerprint density at radius 3 is 2.93 bits per heavy atom. The number of nitrogens with two attached hydrogens (primary N) is 1. The molecule has 1 saturated heterocycles. The van der Waals surface area contributed by atoms with Gasteiger partial charge in [0.05, 0.1) is 0 Å². The molecule has 1 heterocycles. The molecule has 1 atom stereocenters. The molecule has 2 N–H and O–H groups in total. The molecule has 0 radical (unpaired) electrons. The number of thiol groups is 1. The van der Waals surface area contributed by atoms with Crippen molar-refractivity contribution in [2.45, 2.75) is 6.42 Å². The predicted molar refractivity (Wildman–Crippen MR) is 65.2 cm³/mol. The number of benzene rings is 1. The van der Waals surface area contributed by atoms with E-state index in [0.29, 0.717) is 18.0 Å². The number of hydrogen-bond donors (Lipinski definition) is 2. The fourth-order valence-corrected chi connectivity index (χ4v) is 2.09. The minimum atomic E-state index is 0.166. The van der Waals surface area contributed by atoms with Gasteiger partial charge in [-0.1, -0.05) is 6.07 Å². The number of nitrogens with zero attached hydrogens (tertiary/aromatic N) is 1. The largest absolute Gasteiger partial charge is 0.399 e. The Balaban J connectivity index is 2.21. The fourth-order valence-electron chi connectivity index (χ4n) is 1.85. The molecule has 0 aromatic heterocycles. The highest BCUT2D eigenvalue weighted by Crippen LogP contribution is 2.26. The molecular formula is C11H14N2OS. The van der Waals surface area contributed by atoms with Crippen LogP contribution in [0.1, 0.15) is 6.42 Å². The standard InChI is InChI=1S/C11H14N2OS/c12-9-2-1-3-10(5-9)13-6-8(7-15)4-11(13)14/h1-3,5,8,15H,4,6-7,12H2. The summed E-state index contributed by atoms with van der Waals surface area (Å²) < 4.78 is 0. The van der Waals surface area contributed by atoms with E-state index < -0.39 is 0 Å². The van der Waals surface area contributed by atoms with Gasteiger partial charge in [0.2, 0.25) is 5.91 Å². The summed E-state index contributed by atoms with van der Waals surface area (Å²) in [6.07, 6.45) is 0.596. The van der Waals surface area contributed by atoms with Crippen LogP contribution in [0, 0.1) is 5.92 Å². The van der Waals surface area contributed by atoms with Crippen molar-refractivity contribution in [1.82, 2.24) is 0 Å². The zero-order chi connectivity index (χ0) is 10.8. The third-order valence-electron chi connectivity index (χ3n) is 2.65. The Kier molecular flexibility index (Phi) is 2.86. The lowest BCUT2D eigenvalue weighted by Gasteiger charge is -2.16. The fraction of sp³-hybridized carbons (Fsp3) is 0.364. The van der Waals surface area contributed by atoms with Gasteiger partial charge in [0, 0.05) is 24.3 Å². The summed E-state index contributed by atoms with van der Waals surface area (Å²) >= 11 is 4.23. The first-order valence-electron chi connectivity index (χ1n) is 4.97. The van der Waals surface area contributed by atoms with Crippen molar-refractivity contribution in [3.8, 4) is 0 Å². The minimum absolute atomic E-state index is 0.166. The van der Waals surface area contributed by atoms with Gasteiger partial charge in [0.15, 0.2) is 0 Å². The van der Waals surface area contributed by atoms with Gasteiger partial charge in [-0.3, -0.25) is 4.79 Å². The van der Waals surface area contributed by atoms with Crippen molar-refractivity contribution in [2.75, 3.05) is 22.9 Å². The van der Waals surface area contributed by atoms with Gasteiger partial charge in [0.25, 0.3) is 0 Å². The highest BCUT2D eigenvalue weighted by atomic mass is 32.1. The van der Waals surface area contributed by atoms with Gasteiger partial charge in [-0.2, -0.15) is 12.6 Å². The molecule has 0 aliphatic carbocycles. The van der Waals surface area contributed by atoms with Crippen LogP contribution in [0.3, 0.4) is 0 Å². The molecule has 3 nitrogen and oxygen atoms in total. The van der Waals surface area contributed by atoms with Gasteiger partial charge in [-0.25, -0.2) is 0 Å². The highest BCUT2D eigenvalue weighted by Gasteiger charge is 2.29. The van der Waals surface area contributed by atoms with Crippen LogP contribution in [0.15, 0.2) is 24.3 Å². The first-order valence-corrected chi connectivity index (χ1v) is 5.60. The van der Waals surface area contributed by atoms with E-state index in [0.717, 1.165) is 18.0 Å².